The Bertz CT molecular complexity index is 31.2. The van der Waals surface area contributed by atoms with Crippen molar-refractivity contribution in [1.82, 2.24) is 10.3 Å². The van der Waals surface area contributed by atoms with Crippen molar-refractivity contribution in [3.8, 4) is 0 Å². The Hall–Kier alpha value is -0.0151. The lowest BCUT2D eigenvalue weighted by Gasteiger charge is -2.15. The quantitative estimate of drug-likeness (QED) is 0.375. The molecule has 0 aromatic carbocycles. The van der Waals surface area contributed by atoms with E-state index in [0.29, 0.717) is 0 Å². The predicted molar refractivity (Wildman–Crippen MR) is 34.6 cm³/mol. The van der Waals surface area contributed by atoms with E-state index in [1.165, 1.54) is 0 Å². The summed E-state index contributed by atoms with van der Waals surface area (Å²) in [5.74, 6) is 0. The Labute approximate surface area is 46.3 Å². The molecular formula is C4H13BN2. The van der Waals surface area contributed by atoms with Crippen LogP contribution in [0, 0.1) is 0 Å². The molecule has 0 radical (unpaired) electrons. The molecule has 0 amide bonds. The molecule has 1 N–H and O–H groups in total. The Morgan fingerprint density at radius 3 is 1.86 bits per heavy atom. The second-order valence-corrected chi connectivity index (χ2v) is 1.40. The summed E-state index contributed by atoms with van der Waals surface area (Å²) in [4.78, 5) is 0. The average molecular weight is 100.0 g/mol. The van der Waals surface area contributed by atoms with Gasteiger partial charge in [-0.3, -0.25) is 5.01 Å². The van der Waals surface area contributed by atoms with Crippen LogP contribution in [0.5, 0.6) is 0 Å². The highest BCUT2D eigenvalue weighted by atomic mass is 15.5. The van der Waals surface area contributed by atoms with Gasteiger partial charge in [0.2, 0.25) is 7.98 Å². The van der Waals surface area contributed by atoms with Crippen LogP contribution in [-0.2, 0) is 0 Å². The predicted octanol–water partition coefficient (Wildman–Crippen LogP) is -0.619. The zero-order chi connectivity index (χ0) is 5.70. The van der Waals surface area contributed by atoms with Gasteiger partial charge in [-0.05, 0) is 0 Å². The van der Waals surface area contributed by atoms with Crippen molar-refractivity contribution >= 4 is 7.98 Å². The van der Waals surface area contributed by atoms with Crippen LogP contribution < -0.4 is 5.34 Å². The summed E-state index contributed by atoms with van der Waals surface area (Å²) in [6.07, 6.45) is 0. The van der Waals surface area contributed by atoms with E-state index >= 15 is 0 Å². The summed E-state index contributed by atoms with van der Waals surface area (Å²) in [6, 6.07) is 0. The molecule has 0 aliphatic rings. The van der Waals surface area contributed by atoms with Crippen molar-refractivity contribution in [2.24, 2.45) is 0 Å². The van der Waals surface area contributed by atoms with Crippen LogP contribution in [0.25, 0.3) is 0 Å². The standard InChI is InChI=1S/C4H13BN2/c1-3-7(4-2)6-5/h6H,3-5H2,1-2H3. The molecular weight excluding hydrogens is 86.9 g/mol. The number of hydrazine groups is 1. The number of hydrogen-bond donors (Lipinski definition) is 1. The van der Waals surface area contributed by atoms with Crippen molar-refractivity contribution in [2.45, 2.75) is 13.8 Å². The SMILES string of the molecule is BNN(CC)CC. The highest BCUT2D eigenvalue weighted by Crippen LogP contribution is 1.73. The van der Waals surface area contributed by atoms with Gasteiger partial charge in [0.15, 0.2) is 0 Å². The van der Waals surface area contributed by atoms with E-state index in [9.17, 15) is 0 Å². The Kier molecular flexibility index (Phi) is 4.14. The van der Waals surface area contributed by atoms with E-state index in [2.05, 4.69) is 24.2 Å². The first-order valence-corrected chi connectivity index (χ1v) is 2.77. The molecule has 0 bridgehead atoms. The van der Waals surface area contributed by atoms with Crippen LogP contribution in [0.2, 0.25) is 0 Å². The monoisotopic (exact) mass is 100 g/mol. The summed E-state index contributed by atoms with van der Waals surface area (Å²) >= 11 is 0. The van der Waals surface area contributed by atoms with Gasteiger partial charge in [-0.1, -0.05) is 13.8 Å². The molecule has 0 atom stereocenters. The van der Waals surface area contributed by atoms with Crippen molar-refractivity contribution in [1.29, 1.82) is 0 Å². The highest BCUT2D eigenvalue weighted by Gasteiger charge is 1.87. The van der Waals surface area contributed by atoms with Gasteiger partial charge in [0.05, 0.1) is 0 Å². The third-order valence-corrected chi connectivity index (χ3v) is 1.08. The van der Waals surface area contributed by atoms with Crippen LogP contribution in [0.3, 0.4) is 0 Å². The molecule has 0 heterocycles. The summed E-state index contributed by atoms with van der Waals surface area (Å²) < 4.78 is 0. The lowest BCUT2D eigenvalue weighted by atomic mass is 10.5. The first-order valence-electron chi connectivity index (χ1n) is 2.77. The Balaban J connectivity index is 2.99. The van der Waals surface area contributed by atoms with E-state index in [4.69, 9.17) is 0 Å². The molecule has 0 aromatic rings. The Morgan fingerprint density at radius 1 is 1.43 bits per heavy atom. The summed E-state index contributed by atoms with van der Waals surface area (Å²) in [7, 11) is 1.94. The fourth-order valence-electron chi connectivity index (χ4n) is 0.540. The third kappa shape index (κ3) is 2.65. The van der Waals surface area contributed by atoms with Gasteiger partial charge in [0, 0.05) is 13.1 Å². The summed E-state index contributed by atoms with van der Waals surface area (Å²) in [5, 5.41) is 5.16. The lowest BCUT2D eigenvalue weighted by Crippen LogP contribution is -2.35. The minimum absolute atomic E-state index is 1.08. The largest absolute Gasteiger partial charge is 0.303 e. The molecule has 0 rings (SSSR count). The normalized spacial score (nSPS) is 10.1. The maximum Gasteiger partial charge on any atom is 0.201 e. The average Bonchev–Trinajstić information content (AvgIpc) is 1.72. The maximum absolute atomic E-state index is 3.03. The van der Waals surface area contributed by atoms with Crippen LogP contribution >= 0.6 is 0 Å². The van der Waals surface area contributed by atoms with E-state index < -0.39 is 0 Å². The maximum atomic E-state index is 3.03. The van der Waals surface area contributed by atoms with Gasteiger partial charge in [0.1, 0.15) is 0 Å². The minimum Gasteiger partial charge on any atom is -0.303 e. The minimum atomic E-state index is 1.08. The summed E-state index contributed by atoms with van der Waals surface area (Å²) in [5.41, 5.74) is 0. The van der Waals surface area contributed by atoms with Crippen molar-refractivity contribution in [3.63, 3.8) is 0 Å². The van der Waals surface area contributed by atoms with Crippen LogP contribution in [0.1, 0.15) is 13.8 Å². The highest BCUT2D eigenvalue weighted by molar-refractivity contribution is 6.03. The second-order valence-electron chi connectivity index (χ2n) is 1.40. The number of hydrogen-bond acceptors (Lipinski definition) is 2. The van der Waals surface area contributed by atoms with Crippen molar-refractivity contribution in [3.05, 3.63) is 0 Å². The van der Waals surface area contributed by atoms with Gasteiger partial charge in [0.25, 0.3) is 0 Å². The summed E-state index contributed by atoms with van der Waals surface area (Å²) in [6.45, 7) is 6.40. The van der Waals surface area contributed by atoms with E-state index in [1.54, 1.807) is 0 Å². The fourth-order valence-corrected chi connectivity index (χ4v) is 0.540. The first-order chi connectivity index (χ1) is 3.35. The zero-order valence-corrected chi connectivity index (χ0v) is 5.36. The lowest BCUT2D eigenvalue weighted by molar-refractivity contribution is 0.274. The van der Waals surface area contributed by atoms with Gasteiger partial charge in [-0.25, -0.2) is 0 Å². The molecule has 0 saturated carbocycles. The molecule has 0 aliphatic carbocycles. The smallest absolute Gasteiger partial charge is 0.201 e. The molecule has 2 nitrogen and oxygen atoms in total. The van der Waals surface area contributed by atoms with Gasteiger partial charge in [-0.2, -0.15) is 0 Å². The van der Waals surface area contributed by atoms with E-state index in [-0.39, 0.29) is 0 Å². The molecule has 7 heavy (non-hydrogen) atoms. The fraction of sp³-hybridized carbons (Fsp3) is 1.00. The molecule has 0 aliphatic heterocycles. The van der Waals surface area contributed by atoms with Gasteiger partial charge in [-0.15, -0.1) is 0 Å². The molecule has 0 saturated heterocycles. The van der Waals surface area contributed by atoms with Crippen LogP contribution in [0.4, 0.5) is 0 Å². The first kappa shape index (κ1) is 6.98. The van der Waals surface area contributed by atoms with Gasteiger partial charge >= 0.3 is 0 Å². The van der Waals surface area contributed by atoms with Crippen LogP contribution in [-0.4, -0.2) is 26.1 Å². The van der Waals surface area contributed by atoms with Crippen molar-refractivity contribution < 1.29 is 0 Å². The number of nitrogens with one attached hydrogen (secondary N) is 1. The van der Waals surface area contributed by atoms with Crippen molar-refractivity contribution in [2.75, 3.05) is 13.1 Å². The molecule has 3 heteroatoms. The zero-order valence-electron chi connectivity index (χ0n) is 5.36. The molecule has 0 fully saturated rings. The van der Waals surface area contributed by atoms with Gasteiger partial charge < -0.3 is 5.34 Å². The van der Waals surface area contributed by atoms with E-state index in [0.717, 1.165) is 13.1 Å². The number of nitrogens with zero attached hydrogens (tertiary/aromatic N) is 1. The molecule has 42 valence electrons. The second kappa shape index (κ2) is 4.15. The Morgan fingerprint density at radius 2 is 1.86 bits per heavy atom. The van der Waals surface area contributed by atoms with E-state index in [1.807, 2.05) is 7.98 Å². The third-order valence-electron chi connectivity index (χ3n) is 1.08. The molecule has 0 spiro atoms. The van der Waals surface area contributed by atoms with Crippen LogP contribution in [0.15, 0.2) is 0 Å². The molecule has 0 unspecified atom stereocenters. The molecule has 0 aromatic heterocycles. The topological polar surface area (TPSA) is 15.3 Å². The number of rotatable bonds is 3.